The molecule has 0 heterocycles. The molecule has 0 amide bonds. The van der Waals surface area contributed by atoms with Crippen LogP contribution in [0.3, 0.4) is 0 Å². The summed E-state index contributed by atoms with van der Waals surface area (Å²) < 4.78 is 4.14. The number of nitrogens with two attached hydrogens (primary N) is 1. The van der Waals surface area contributed by atoms with Gasteiger partial charge in [0.25, 0.3) is 0 Å². The average molecular weight is 277 g/mol. The molecule has 0 rings (SSSR count). The number of esters is 1. The fourth-order valence-corrected chi connectivity index (χ4v) is 0.475. The monoisotopic (exact) mass is 277 g/mol. The van der Waals surface area contributed by atoms with E-state index in [1.165, 1.54) is 7.11 Å². The Labute approximate surface area is 149 Å². The first-order valence-corrected chi connectivity index (χ1v) is 4.21. The van der Waals surface area contributed by atoms with Crippen LogP contribution in [0.4, 0.5) is 0 Å². The first-order valence-electron chi connectivity index (χ1n) is 4.21. The second kappa shape index (κ2) is 17.1. The molecule has 92 valence electrons. The molecule has 18 heavy (non-hydrogen) atoms. The van der Waals surface area contributed by atoms with Gasteiger partial charge in [0.05, 0.1) is 13.1 Å². The Morgan fingerprint density at radius 1 is 1.33 bits per heavy atom. The molecule has 1 unspecified atom stereocenters. The van der Waals surface area contributed by atoms with Gasteiger partial charge in [0.1, 0.15) is 0 Å². The number of aliphatic carboxylic acids is 2. The third-order valence-electron chi connectivity index (χ3n) is 1.33. The smallest absolute Gasteiger partial charge is 0.550 e. The minimum absolute atomic E-state index is 0. The van der Waals surface area contributed by atoms with E-state index in [4.69, 9.17) is 5.73 Å². The number of ether oxygens (including phenoxy) is 1. The summed E-state index contributed by atoms with van der Waals surface area (Å²) in [4.78, 5) is 29.4. The first-order chi connectivity index (χ1) is 7.34. The van der Waals surface area contributed by atoms with Crippen molar-refractivity contribution in [1.82, 2.24) is 0 Å². The number of carbonyl (C=O) groups is 3. The average Bonchev–Trinajstić information content (AvgIpc) is 2.25. The molecule has 0 bridgehead atoms. The maximum Gasteiger partial charge on any atom is 1.00 e. The molecule has 0 saturated heterocycles. The van der Waals surface area contributed by atoms with E-state index >= 15 is 0 Å². The van der Waals surface area contributed by atoms with Gasteiger partial charge >= 0.3 is 65.1 Å². The summed E-state index contributed by atoms with van der Waals surface area (Å²) >= 11 is 0. The van der Waals surface area contributed by atoms with Gasteiger partial charge in [-0.2, -0.15) is 0 Å². The van der Waals surface area contributed by atoms with E-state index in [-0.39, 0.29) is 72.0 Å². The van der Waals surface area contributed by atoms with Crippen molar-refractivity contribution in [1.29, 1.82) is 0 Å². The van der Waals surface area contributed by atoms with Crippen molar-refractivity contribution in [2.24, 2.45) is 5.73 Å². The topological polar surface area (TPSA) is 133 Å². The third-order valence-corrected chi connectivity index (χ3v) is 1.33. The molecule has 0 saturated carbocycles. The van der Waals surface area contributed by atoms with Crippen molar-refractivity contribution < 1.29 is 88.4 Å². The third kappa shape index (κ3) is 21.4. The zero-order valence-electron chi connectivity index (χ0n) is 10.8. The van der Waals surface area contributed by atoms with Crippen molar-refractivity contribution >= 4 is 17.9 Å². The summed E-state index contributed by atoms with van der Waals surface area (Å²) in [5.41, 5.74) is 4.91. The number of methoxy groups -OCH3 is 1. The molecule has 9 heteroatoms. The van der Waals surface area contributed by atoms with Gasteiger partial charge in [0, 0.05) is 18.1 Å². The molecule has 0 aliphatic carbocycles. The normalized spacial score (nSPS) is 9.22. The van der Waals surface area contributed by atoms with Gasteiger partial charge in [0.15, 0.2) is 0 Å². The second-order valence-corrected chi connectivity index (χ2v) is 2.56. The van der Waals surface area contributed by atoms with Crippen LogP contribution in [0.5, 0.6) is 0 Å². The number of carboxylic acid groups (broad SMARTS) is 2. The maximum absolute atomic E-state index is 9.86. The molecule has 0 fully saturated rings. The summed E-state index contributed by atoms with van der Waals surface area (Å²) in [5, 5.41) is 19.6. The Balaban J connectivity index is -0.000000108. The van der Waals surface area contributed by atoms with Crippen molar-refractivity contribution in [2.75, 3.05) is 7.11 Å². The first kappa shape index (κ1) is 26.6. The maximum atomic E-state index is 9.86. The van der Waals surface area contributed by atoms with Gasteiger partial charge < -0.3 is 30.3 Å². The predicted octanol–water partition coefficient (Wildman–Crippen LogP) is -9.05. The molecule has 0 aliphatic heterocycles. The summed E-state index contributed by atoms with van der Waals surface area (Å²) in [5.74, 6) is -3.15. The zero-order chi connectivity index (χ0) is 13.1. The Kier molecular flexibility index (Phi) is 25.3. The Morgan fingerprint density at radius 2 is 1.78 bits per heavy atom. The minimum atomic E-state index is -1.44. The molecule has 0 aliphatic rings. The van der Waals surface area contributed by atoms with E-state index in [1.807, 2.05) is 0 Å². The summed E-state index contributed by atoms with van der Waals surface area (Å²) in [6.45, 7) is 3.16. The molecule has 7 nitrogen and oxygen atoms in total. The van der Waals surface area contributed by atoms with Crippen LogP contribution in [0.15, 0.2) is 12.7 Å². The largest absolute Gasteiger partial charge is 1.00 e. The standard InChI is InChI=1S/C5H9NO4.C4H6O2.2Na/c6-3(5(9)10)1-2-4(7)8;1-3-4(5)6-2;;/h3H,1-2,6H2,(H,7,8)(H,9,10);3H,1H2,2H3;;/q;;2*+1/p-2. The molecule has 0 aromatic heterocycles. The molecular weight excluding hydrogens is 264 g/mol. The molecule has 0 spiro atoms. The van der Waals surface area contributed by atoms with Crippen LogP contribution in [0.25, 0.3) is 0 Å². The van der Waals surface area contributed by atoms with Crippen molar-refractivity contribution in [3.8, 4) is 0 Å². The summed E-state index contributed by atoms with van der Waals surface area (Å²) in [6.07, 6.45) is 0.611. The Morgan fingerprint density at radius 3 is 1.94 bits per heavy atom. The summed E-state index contributed by atoms with van der Waals surface area (Å²) in [7, 11) is 1.31. The van der Waals surface area contributed by atoms with E-state index in [2.05, 4.69) is 11.3 Å². The quantitative estimate of drug-likeness (QED) is 0.299. The molecule has 1 atom stereocenters. The van der Waals surface area contributed by atoms with Gasteiger partial charge in [-0.1, -0.05) is 6.58 Å². The van der Waals surface area contributed by atoms with Crippen LogP contribution in [0, 0.1) is 0 Å². The van der Waals surface area contributed by atoms with Crippen LogP contribution in [-0.2, 0) is 19.1 Å². The minimum Gasteiger partial charge on any atom is -0.550 e. The number of carbonyl (C=O) groups excluding carboxylic acids is 3. The van der Waals surface area contributed by atoms with Gasteiger partial charge in [-0.25, -0.2) is 4.79 Å². The fraction of sp³-hybridized carbons (Fsp3) is 0.444. The van der Waals surface area contributed by atoms with E-state index in [1.54, 1.807) is 0 Å². The van der Waals surface area contributed by atoms with E-state index in [0.29, 0.717) is 0 Å². The fourth-order valence-electron chi connectivity index (χ4n) is 0.475. The Bertz CT molecular complexity index is 272. The van der Waals surface area contributed by atoms with Crippen LogP contribution in [-0.4, -0.2) is 31.1 Å². The predicted molar refractivity (Wildman–Crippen MR) is 49.4 cm³/mol. The van der Waals surface area contributed by atoms with E-state index in [0.717, 1.165) is 6.08 Å². The van der Waals surface area contributed by atoms with Crippen molar-refractivity contribution in [3.05, 3.63) is 12.7 Å². The number of hydrogen-bond acceptors (Lipinski definition) is 7. The molecule has 0 aromatic carbocycles. The molecule has 0 aromatic rings. The second-order valence-electron chi connectivity index (χ2n) is 2.56. The van der Waals surface area contributed by atoms with Gasteiger partial charge in [0.2, 0.25) is 0 Å². The van der Waals surface area contributed by atoms with Gasteiger partial charge in [-0.3, -0.25) is 0 Å². The number of rotatable bonds is 5. The van der Waals surface area contributed by atoms with E-state index < -0.39 is 23.9 Å². The molecular formula is C9H13NNa2O6. The van der Waals surface area contributed by atoms with Crippen LogP contribution < -0.4 is 75.1 Å². The Hall–Kier alpha value is 0.110. The number of carboxylic acids is 2. The SMILES string of the molecule is C=CC(=O)OC.NC(CCC(=O)[O-])C(=O)[O-].[Na+].[Na+]. The van der Waals surface area contributed by atoms with Gasteiger partial charge in [-0.05, 0) is 12.8 Å². The van der Waals surface area contributed by atoms with Crippen LogP contribution in [0.2, 0.25) is 0 Å². The molecule has 0 radical (unpaired) electrons. The van der Waals surface area contributed by atoms with Crippen molar-refractivity contribution in [3.63, 3.8) is 0 Å². The summed E-state index contributed by atoms with van der Waals surface area (Å²) in [6, 6.07) is -1.21. The van der Waals surface area contributed by atoms with Crippen LogP contribution >= 0.6 is 0 Å². The van der Waals surface area contributed by atoms with Crippen LogP contribution in [0.1, 0.15) is 12.8 Å². The van der Waals surface area contributed by atoms with E-state index in [9.17, 15) is 24.6 Å². The van der Waals surface area contributed by atoms with Gasteiger partial charge in [-0.15, -0.1) is 0 Å². The molecule has 2 N–H and O–H groups in total. The number of hydrogen-bond donors (Lipinski definition) is 1. The van der Waals surface area contributed by atoms with Crippen molar-refractivity contribution in [2.45, 2.75) is 18.9 Å². The zero-order valence-corrected chi connectivity index (χ0v) is 14.8.